The molecule has 3 nitrogen and oxygen atoms in total. The Kier molecular flexibility index (Phi) is 7.03. The molecular weight excluding hydrogens is 272 g/mol. The summed E-state index contributed by atoms with van der Waals surface area (Å²) < 4.78 is 0. The molecule has 0 spiro atoms. The Hall–Kier alpha value is -1.06. The Morgan fingerprint density at radius 1 is 1.25 bits per heavy atom. The van der Waals surface area contributed by atoms with E-state index in [-0.39, 0.29) is 11.9 Å². The fourth-order valence-corrected chi connectivity index (χ4v) is 2.28. The first-order chi connectivity index (χ1) is 9.45. The first-order valence-electron chi connectivity index (χ1n) is 7.17. The van der Waals surface area contributed by atoms with Gasteiger partial charge in [0.15, 0.2) is 0 Å². The molecule has 4 heteroatoms. The molecule has 0 saturated carbocycles. The van der Waals surface area contributed by atoms with Crippen LogP contribution in [0, 0.1) is 5.92 Å². The number of halogens is 1. The lowest BCUT2D eigenvalue weighted by molar-refractivity contribution is -0.132. The SMILES string of the molecule is CC(CCN)CCC(=O)N(C)C(C)c1ccc(Cl)cc1. The molecule has 0 saturated heterocycles. The van der Waals surface area contributed by atoms with Crippen LogP contribution in [-0.2, 0) is 4.79 Å². The molecule has 112 valence electrons. The first-order valence-corrected chi connectivity index (χ1v) is 7.54. The van der Waals surface area contributed by atoms with Crippen LogP contribution in [-0.4, -0.2) is 24.4 Å². The molecule has 0 aromatic heterocycles. The molecule has 0 radical (unpaired) electrons. The Balaban J connectivity index is 2.53. The largest absolute Gasteiger partial charge is 0.339 e. The monoisotopic (exact) mass is 296 g/mol. The molecule has 0 aliphatic heterocycles. The highest BCUT2D eigenvalue weighted by Crippen LogP contribution is 2.22. The van der Waals surface area contributed by atoms with E-state index in [1.807, 2.05) is 38.2 Å². The quantitative estimate of drug-likeness (QED) is 0.835. The smallest absolute Gasteiger partial charge is 0.222 e. The minimum absolute atomic E-state index is 0.0598. The minimum Gasteiger partial charge on any atom is -0.339 e. The Morgan fingerprint density at radius 3 is 2.40 bits per heavy atom. The van der Waals surface area contributed by atoms with Crippen molar-refractivity contribution in [1.29, 1.82) is 0 Å². The van der Waals surface area contributed by atoms with Crippen molar-refractivity contribution in [3.05, 3.63) is 34.9 Å². The fourth-order valence-electron chi connectivity index (χ4n) is 2.16. The van der Waals surface area contributed by atoms with Crippen LogP contribution in [0.3, 0.4) is 0 Å². The molecule has 2 atom stereocenters. The Labute approximate surface area is 127 Å². The summed E-state index contributed by atoms with van der Waals surface area (Å²) in [5, 5.41) is 0.713. The van der Waals surface area contributed by atoms with Gasteiger partial charge in [-0.15, -0.1) is 0 Å². The van der Waals surface area contributed by atoms with Gasteiger partial charge in [0, 0.05) is 18.5 Å². The molecule has 1 rings (SSSR count). The number of hydrogen-bond acceptors (Lipinski definition) is 2. The van der Waals surface area contributed by atoms with E-state index in [1.165, 1.54) is 0 Å². The van der Waals surface area contributed by atoms with Crippen LogP contribution in [0.4, 0.5) is 0 Å². The molecule has 0 aliphatic carbocycles. The summed E-state index contributed by atoms with van der Waals surface area (Å²) in [6, 6.07) is 7.70. The summed E-state index contributed by atoms with van der Waals surface area (Å²) in [4.78, 5) is 14.0. The normalized spacial score (nSPS) is 13.8. The molecular formula is C16H25ClN2O. The molecule has 2 unspecified atom stereocenters. The van der Waals surface area contributed by atoms with Crippen molar-refractivity contribution in [2.45, 2.75) is 39.2 Å². The lowest BCUT2D eigenvalue weighted by Crippen LogP contribution is -2.29. The van der Waals surface area contributed by atoms with E-state index < -0.39 is 0 Å². The maximum absolute atomic E-state index is 12.2. The van der Waals surface area contributed by atoms with Crippen LogP contribution < -0.4 is 5.73 Å². The van der Waals surface area contributed by atoms with Gasteiger partial charge in [-0.05, 0) is 49.9 Å². The van der Waals surface area contributed by atoms with E-state index in [9.17, 15) is 4.79 Å². The zero-order chi connectivity index (χ0) is 15.1. The number of carbonyl (C=O) groups excluding carboxylic acids is 1. The second-order valence-electron chi connectivity index (χ2n) is 5.45. The summed E-state index contributed by atoms with van der Waals surface area (Å²) in [6.07, 6.45) is 2.45. The van der Waals surface area contributed by atoms with Crippen LogP contribution >= 0.6 is 11.6 Å². The summed E-state index contributed by atoms with van der Waals surface area (Å²) in [6.45, 7) is 4.86. The Bertz CT molecular complexity index is 419. The van der Waals surface area contributed by atoms with E-state index in [1.54, 1.807) is 4.90 Å². The van der Waals surface area contributed by atoms with E-state index in [0.29, 0.717) is 23.9 Å². The maximum Gasteiger partial charge on any atom is 0.222 e. The van der Waals surface area contributed by atoms with Crippen molar-refractivity contribution >= 4 is 17.5 Å². The first kappa shape index (κ1) is 17.0. The maximum atomic E-state index is 12.2. The highest BCUT2D eigenvalue weighted by atomic mass is 35.5. The van der Waals surface area contributed by atoms with E-state index in [4.69, 9.17) is 17.3 Å². The molecule has 0 bridgehead atoms. The second kappa shape index (κ2) is 8.28. The van der Waals surface area contributed by atoms with Gasteiger partial charge >= 0.3 is 0 Å². The van der Waals surface area contributed by atoms with Crippen LogP contribution in [0.1, 0.15) is 44.7 Å². The molecule has 20 heavy (non-hydrogen) atoms. The number of hydrogen-bond donors (Lipinski definition) is 1. The lowest BCUT2D eigenvalue weighted by Gasteiger charge is -2.26. The van der Waals surface area contributed by atoms with Crippen molar-refractivity contribution < 1.29 is 4.79 Å². The van der Waals surface area contributed by atoms with Crippen molar-refractivity contribution in [1.82, 2.24) is 4.90 Å². The third-order valence-electron chi connectivity index (χ3n) is 3.84. The molecule has 0 aliphatic rings. The summed E-state index contributed by atoms with van der Waals surface area (Å²) in [7, 11) is 1.86. The Morgan fingerprint density at radius 2 is 1.85 bits per heavy atom. The van der Waals surface area contributed by atoms with Gasteiger partial charge in [-0.3, -0.25) is 4.79 Å². The van der Waals surface area contributed by atoms with Gasteiger partial charge in [0.2, 0.25) is 5.91 Å². The fraction of sp³-hybridized carbons (Fsp3) is 0.562. The van der Waals surface area contributed by atoms with Gasteiger partial charge in [-0.2, -0.15) is 0 Å². The minimum atomic E-state index is 0.0598. The standard InChI is InChI=1S/C16H25ClN2O/c1-12(10-11-18)4-9-16(20)19(3)13(2)14-5-7-15(17)8-6-14/h5-8,12-13H,4,9-11,18H2,1-3H3. The van der Waals surface area contributed by atoms with Gasteiger partial charge in [0.05, 0.1) is 6.04 Å². The number of rotatable bonds is 7. The summed E-state index contributed by atoms with van der Waals surface area (Å²) >= 11 is 5.88. The van der Waals surface area contributed by atoms with Gasteiger partial charge < -0.3 is 10.6 Å². The van der Waals surface area contributed by atoms with Crippen LogP contribution in [0.15, 0.2) is 24.3 Å². The van der Waals surface area contributed by atoms with Crippen LogP contribution in [0.5, 0.6) is 0 Å². The van der Waals surface area contributed by atoms with Gasteiger partial charge in [-0.1, -0.05) is 30.7 Å². The van der Waals surface area contributed by atoms with E-state index in [0.717, 1.165) is 18.4 Å². The highest BCUT2D eigenvalue weighted by molar-refractivity contribution is 6.30. The number of nitrogens with zero attached hydrogens (tertiary/aromatic N) is 1. The van der Waals surface area contributed by atoms with Gasteiger partial charge in [0.25, 0.3) is 0 Å². The molecule has 1 aromatic rings. The highest BCUT2D eigenvalue weighted by Gasteiger charge is 2.17. The van der Waals surface area contributed by atoms with E-state index in [2.05, 4.69) is 6.92 Å². The summed E-state index contributed by atoms with van der Waals surface area (Å²) in [5.41, 5.74) is 6.62. The van der Waals surface area contributed by atoms with Crippen molar-refractivity contribution in [2.75, 3.05) is 13.6 Å². The van der Waals surface area contributed by atoms with Crippen LogP contribution in [0.2, 0.25) is 5.02 Å². The number of carbonyl (C=O) groups is 1. The predicted molar refractivity (Wildman–Crippen MR) is 84.7 cm³/mol. The van der Waals surface area contributed by atoms with Crippen LogP contribution in [0.25, 0.3) is 0 Å². The molecule has 0 fully saturated rings. The molecule has 1 aromatic carbocycles. The average molecular weight is 297 g/mol. The topological polar surface area (TPSA) is 46.3 Å². The average Bonchev–Trinajstić information content (AvgIpc) is 2.44. The number of amides is 1. The molecule has 2 N–H and O–H groups in total. The third-order valence-corrected chi connectivity index (χ3v) is 4.09. The second-order valence-corrected chi connectivity index (χ2v) is 5.89. The zero-order valence-electron chi connectivity index (χ0n) is 12.6. The van der Waals surface area contributed by atoms with Crippen molar-refractivity contribution in [3.8, 4) is 0 Å². The van der Waals surface area contributed by atoms with Gasteiger partial charge in [-0.25, -0.2) is 0 Å². The third kappa shape index (κ3) is 5.14. The van der Waals surface area contributed by atoms with Gasteiger partial charge in [0.1, 0.15) is 0 Å². The number of nitrogens with two attached hydrogens (primary N) is 1. The predicted octanol–water partition coefficient (Wildman–Crippen LogP) is 3.62. The molecule has 0 heterocycles. The zero-order valence-corrected chi connectivity index (χ0v) is 13.4. The van der Waals surface area contributed by atoms with E-state index >= 15 is 0 Å². The van der Waals surface area contributed by atoms with Crippen molar-refractivity contribution in [2.24, 2.45) is 11.7 Å². The molecule has 1 amide bonds. The lowest BCUT2D eigenvalue weighted by atomic mass is 10.0. The summed E-state index contributed by atoms with van der Waals surface area (Å²) in [5.74, 6) is 0.680. The van der Waals surface area contributed by atoms with Crippen molar-refractivity contribution in [3.63, 3.8) is 0 Å². The number of benzene rings is 1.